The summed E-state index contributed by atoms with van der Waals surface area (Å²) in [5.74, 6) is -0.147. The van der Waals surface area contributed by atoms with Crippen LogP contribution >= 0.6 is 11.3 Å². The van der Waals surface area contributed by atoms with E-state index >= 15 is 0 Å². The number of nitrogens with zero attached hydrogens (tertiary/aromatic N) is 3. The molecular weight excluding hydrogens is 442 g/mol. The number of anilines is 1. The maximum atomic E-state index is 13.1. The average Bonchev–Trinajstić information content (AvgIpc) is 3.17. The van der Waals surface area contributed by atoms with Crippen LogP contribution in [0.2, 0.25) is 0 Å². The number of sulfone groups is 1. The Morgan fingerprint density at radius 3 is 2.44 bits per heavy atom. The molecule has 0 fully saturated rings. The van der Waals surface area contributed by atoms with E-state index in [9.17, 15) is 13.2 Å². The first-order valence-corrected chi connectivity index (χ1v) is 13.3. The number of amides is 1. The molecule has 6 nitrogen and oxygen atoms in total. The predicted molar refractivity (Wildman–Crippen MR) is 132 cm³/mol. The van der Waals surface area contributed by atoms with Crippen LogP contribution in [0.15, 0.2) is 47.4 Å². The molecule has 0 aliphatic carbocycles. The van der Waals surface area contributed by atoms with Gasteiger partial charge in [-0.1, -0.05) is 48.1 Å². The Balaban J connectivity index is 1.74. The fourth-order valence-electron chi connectivity index (χ4n) is 3.43. The zero-order chi connectivity index (χ0) is 23.3. The number of fused-ring (bicyclic) bond motifs is 1. The van der Waals surface area contributed by atoms with Crippen LogP contribution in [0.25, 0.3) is 10.2 Å². The molecule has 0 saturated heterocycles. The summed E-state index contributed by atoms with van der Waals surface area (Å²) >= 11 is 1.51. The van der Waals surface area contributed by atoms with Crippen LogP contribution in [0, 0.1) is 6.92 Å². The molecule has 0 saturated carbocycles. The van der Waals surface area contributed by atoms with E-state index in [1.165, 1.54) is 11.3 Å². The molecule has 1 heterocycles. The molecular formula is C24H31N3O3S2. The highest BCUT2D eigenvalue weighted by atomic mass is 32.2. The van der Waals surface area contributed by atoms with E-state index < -0.39 is 9.84 Å². The molecule has 32 heavy (non-hydrogen) atoms. The third-order valence-electron chi connectivity index (χ3n) is 5.36. The number of carbonyl (C=O) groups excluding carboxylic acids is 1. The van der Waals surface area contributed by atoms with Crippen molar-refractivity contribution in [3.8, 4) is 0 Å². The summed E-state index contributed by atoms with van der Waals surface area (Å²) in [5, 5.41) is 0.675. The number of hydrogen-bond acceptors (Lipinski definition) is 6. The van der Waals surface area contributed by atoms with Crippen molar-refractivity contribution in [2.24, 2.45) is 0 Å². The minimum absolute atomic E-state index is 0.0524. The normalized spacial score (nSPS) is 11.9. The first-order chi connectivity index (χ1) is 15.2. The van der Waals surface area contributed by atoms with Gasteiger partial charge >= 0.3 is 0 Å². The highest BCUT2D eigenvalue weighted by molar-refractivity contribution is 7.91. The van der Waals surface area contributed by atoms with E-state index in [-0.39, 0.29) is 24.5 Å². The van der Waals surface area contributed by atoms with Crippen molar-refractivity contribution in [1.29, 1.82) is 0 Å². The van der Waals surface area contributed by atoms with Gasteiger partial charge in [-0.3, -0.25) is 9.69 Å². The predicted octanol–water partition coefficient (Wildman–Crippen LogP) is 4.32. The number of thiazole rings is 1. The fraction of sp³-hybridized carbons (Fsp3) is 0.417. The zero-order valence-electron chi connectivity index (χ0n) is 19.2. The monoisotopic (exact) mass is 473 g/mol. The molecule has 172 valence electrons. The fourth-order valence-corrected chi connectivity index (χ4v) is 5.80. The molecule has 1 amide bonds. The number of benzene rings is 2. The second kappa shape index (κ2) is 10.6. The number of aromatic nitrogens is 1. The smallest absolute Gasteiger partial charge is 0.228 e. The molecule has 0 radical (unpaired) electrons. The molecule has 0 aliphatic rings. The molecule has 0 bridgehead atoms. The lowest BCUT2D eigenvalue weighted by Crippen LogP contribution is -2.36. The van der Waals surface area contributed by atoms with Crippen molar-refractivity contribution >= 4 is 42.4 Å². The maximum Gasteiger partial charge on any atom is 0.228 e. The summed E-state index contributed by atoms with van der Waals surface area (Å²) in [4.78, 5) is 22.0. The highest BCUT2D eigenvalue weighted by Gasteiger charge is 2.22. The van der Waals surface area contributed by atoms with Gasteiger partial charge in [-0.2, -0.15) is 0 Å². The van der Waals surface area contributed by atoms with E-state index in [1.807, 2.05) is 38.1 Å². The van der Waals surface area contributed by atoms with Crippen LogP contribution in [0.4, 0.5) is 5.13 Å². The lowest BCUT2D eigenvalue weighted by molar-refractivity contribution is -0.118. The van der Waals surface area contributed by atoms with Crippen LogP contribution in [-0.4, -0.2) is 57.1 Å². The van der Waals surface area contributed by atoms with Crippen molar-refractivity contribution in [2.75, 3.05) is 37.8 Å². The first-order valence-electron chi connectivity index (χ1n) is 10.8. The van der Waals surface area contributed by atoms with E-state index in [0.717, 1.165) is 27.8 Å². The maximum absolute atomic E-state index is 13.1. The number of para-hydroxylation sites is 1. The Hall–Kier alpha value is -2.29. The Kier molecular flexibility index (Phi) is 8.03. The van der Waals surface area contributed by atoms with Crippen molar-refractivity contribution in [3.63, 3.8) is 0 Å². The number of aryl methyl sites for hydroxylation is 2. The Morgan fingerprint density at radius 2 is 1.78 bits per heavy atom. The highest BCUT2D eigenvalue weighted by Crippen LogP contribution is 2.31. The number of likely N-dealkylation sites (N-methyl/N-ethyl adjacent to an activating group) is 1. The number of hydrogen-bond donors (Lipinski definition) is 0. The first kappa shape index (κ1) is 24.4. The SMILES string of the molecule is CCc1cccc2sc(N(CCN(C)C)C(=O)CCCS(=O)(=O)c3ccc(C)cc3)nc12. The summed E-state index contributed by atoms with van der Waals surface area (Å²) < 4.78 is 26.3. The molecule has 2 aromatic carbocycles. The van der Waals surface area contributed by atoms with Gasteiger partial charge in [-0.25, -0.2) is 13.4 Å². The molecule has 3 aromatic rings. The third kappa shape index (κ3) is 5.94. The van der Waals surface area contributed by atoms with E-state index in [1.54, 1.807) is 29.2 Å². The van der Waals surface area contributed by atoms with Crippen LogP contribution in [0.3, 0.4) is 0 Å². The van der Waals surface area contributed by atoms with Crippen molar-refractivity contribution in [2.45, 2.75) is 38.0 Å². The number of rotatable bonds is 10. The summed E-state index contributed by atoms with van der Waals surface area (Å²) in [6, 6.07) is 12.9. The average molecular weight is 474 g/mol. The second-order valence-electron chi connectivity index (χ2n) is 8.20. The summed E-state index contributed by atoms with van der Waals surface area (Å²) in [6.07, 6.45) is 1.32. The Morgan fingerprint density at radius 1 is 1.06 bits per heavy atom. The van der Waals surface area contributed by atoms with E-state index in [2.05, 4.69) is 13.0 Å². The third-order valence-corrected chi connectivity index (χ3v) is 8.22. The van der Waals surface area contributed by atoms with Gasteiger partial charge in [-0.05, 0) is 57.6 Å². The quantitative estimate of drug-likeness (QED) is 0.439. The standard InChI is InChI=1S/C24H31N3O3S2/c1-5-19-8-6-9-21-23(19)25-24(31-21)27(16-15-26(3)4)22(28)10-7-17-32(29,30)20-13-11-18(2)12-14-20/h6,8-9,11-14H,5,7,10,15-17H2,1-4H3. The van der Waals surface area contributed by atoms with E-state index in [4.69, 9.17) is 4.98 Å². The summed E-state index contributed by atoms with van der Waals surface area (Å²) in [7, 11) is 0.515. The van der Waals surface area contributed by atoms with Gasteiger partial charge in [0.2, 0.25) is 5.91 Å². The van der Waals surface area contributed by atoms with Gasteiger partial charge < -0.3 is 4.90 Å². The Labute approximate surface area is 194 Å². The molecule has 8 heteroatoms. The topological polar surface area (TPSA) is 70.6 Å². The Bertz CT molecular complexity index is 1170. The lowest BCUT2D eigenvalue weighted by atomic mass is 10.1. The van der Waals surface area contributed by atoms with Gasteiger partial charge in [0.25, 0.3) is 0 Å². The molecule has 3 rings (SSSR count). The van der Waals surface area contributed by atoms with Gasteiger partial charge in [0.15, 0.2) is 15.0 Å². The van der Waals surface area contributed by atoms with Gasteiger partial charge in [0, 0.05) is 19.5 Å². The van der Waals surface area contributed by atoms with Crippen LogP contribution in [0.5, 0.6) is 0 Å². The van der Waals surface area contributed by atoms with Gasteiger partial charge in [-0.15, -0.1) is 0 Å². The molecule has 0 spiro atoms. The molecule has 1 aromatic heterocycles. The summed E-state index contributed by atoms with van der Waals surface area (Å²) in [5.41, 5.74) is 3.12. The minimum Gasteiger partial charge on any atom is -0.308 e. The van der Waals surface area contributed by atoms with Crippen molar-refractivity contribution in [1.82, 2.24) is 9.88 Å². The van der Waals surface area contributed by atoms with Crippen LogP contribution < -0.4 is 4.90 Å². The largest absolute Gasteiger partial charge is 0.308 e. The summed E-state index contributed by atoms with van der Waals surface area (Å²) in [6.45, 7) is 5.22. The molecule has 0 unspecified atom stereocenters. The zero-order valence-corrected chi connectivity index (χ0v) is 20.8. The van der Waals surface area contributed by atoms with Crippen LogP contribution in [-0.2, 0) is 21.1 Å². The van der Waals surface area contributed by atoms with Crippen LogP contribution in [0.1, 0.15) is 30.9 Å². The molecule has 0 N–H and O–H groups in total. The lowest BCUT2D eigenvalue weighted by Gasteiger charge is -2.22. The van der Waals surface area contributed by atoms with Gasteiger partial charge in [0.05, 0.1) is 20.9 Å². The molecule has 0 atom stereocenters. The van der Waals surface area contributed by atoms with E-state index in [0.29, 0.717) is 23.1 Å². The molecule has 0 aliphatic heterocycles. The number of carbonyl (C=O) groups is 1. The van der Waals surface area contributed by atoms with Crippen molar-refractivity contribution in [3.05, 3.63) is 53.6 Å². The van der Waals surface area contributed by atoms with Gasteiger partial charge in [0.1, 0.15) is 0 Å². The van der Waals surface area contributed by atoms with Crippen molar-refractivity contribution < 1.29 is 13.2 Å². The second-order valence-corrected chi connectivity index (χ2v) is 11.3. The minimum atomic E-state index is -3.41.